The summed E-state index contributed by atoms with van der Waals surface area (Å²) in [5.41, 5.74) is 12.6. The van der Waals surface area contributed by atoms with E-state index in [4.69, 9.17) is 23.1 Å². The summed E-state index contributed by atoms with van der Waals surface area (Å²) in [6, 6.07) is 3.52. The van der Waals surface area contributed by atoms with Gasteiger partial charge in [0.05, 0.1) is 5.02 Å². The summed E-state index contributed by atoms with van der Waals surface area (Å²) in [5, 5.41) is 0.611. The maximum Gasteiger partial charge on any atom is 0.0568 e. The average molecular weight is 236 g/mol. The van der Waals surface area contributed by atoms with Crippen LogP contribution in [0.1, 0.15) is 5.56 Å². The van der Waals surface area contributed by atoms with E-state index in [1.165, 1.54) is 0 Å². The van der Waals surface area contributed by atoms with Crippen LogP contribution in [0.3, 0.4) is 0 Å². The molecule has 1 aromatic carbocycles. The highest BCUT2D eigenvalue weighted by atomic mass is 79.9. The Morgan fingerprint density at radius 2 is 2.09 bits per heavy atom. The van der Waals surface area contributed by atoms with E-state index < -0.39 is 0 Å². The van der Waals surface area contributed by atoms with E-state index in [2.05, 4.69) is 15.9 Å². The lowest BCUT2D eigenvalue weighted by Gasteiger charge is -2.04. The van der Waals surface area contributed by atoms with Crippen LogP contribution in [0, 0.1) is 0 Å². The maximum absolute atomic E-state index is 5.78. The summed E-state index contributed by atoms with van der Waals surface area (Å²) < 4.78 is 0.828. The highest BCUT2D eigenvalue weighted by Crippen LogP contribution is 2.27. The fourth-order valence-corrected chi connectivity index (χ4v) is 1.34. The van der Waals surface area contributed by atoms with Gasteiger partial charge in [0.15, 0.2) is 0 Å². The smallest absolute Gasteiger partial charge is 0.0568 e. The summed E-state index contributed by atoms with van der Waals surface area (Å²) in [5.74, 6) is 0. The van der Waals surface area contributed by atoms with Crippen LogP contribution in [0.2, 0.25) is 5.02 Å². The first-order valence-electron chi connectivity index (χ1n) is 3.08. The molecule has 0 aliphatic rings. The Morgan fingerprint density at radius 1 is 1.45 bits per heavy atom. The standard InChI is InChI=1S/C7H8BrClN2/c8-5-1-4(3-10)7(11)2-6(5)9/h1-2H,3,10-11H2. The molecule has 4 heteroatoms. The Hall–Kier alpha value is -0.250. The van der Waals surface area contributed by atoms with E-state index in [0.717, 1.165) is 10.0 Å². The molecule has 0 amide bonds. The van der Waals surface area contributed by atoms with E-state index in [1.54, 1.807) is 6.07 Å². The van der Waals surface area contributed by atoms with Crippen LogP contribution in [0.25, 0.3) is 0 Å². The molecular weight excluding hydrogens is 227 g/mol. The molecule has 0 bridgehead atoms. The Labute approximate surface area is 78.6 Å². The normalized spacial score (nSPS) is 10.1. The summed E-state index contributed by atoms with van der Waals surface area (Å²) in [6.07, 6.45) is 0. The minimum absolute atomic E-state index is 0.432. The van der Waals surface area contributed by atoms with Crippen molar-refractivity contribution < 1.29 is 0 Å². The lowest BCUT2D eigenvalue weighted by atomic mass is 10.2. The molecule has 0 aliphatic carbocycles. The van der Waals surface area contributed by atoms with Gasteiger partial charge in [0.2, 0.25) is 0 Å². The Kier molecular flexibility index (Phi) is 2.76. The number of halogens is 2. The van der Waals surface area contributed by atoms with E-state index in [1.807, 2.05) is 6.07 Å². The molecule has 1 aromatic rings. The quantitative estimate of drug-likeness (QED) is 0.733. The molecule has 0 atom stereocenters. The van der Waals surface area contributed by atoms with Gasteiger partial charge in [-0.1, -0.05) is 11.6 Å². The molecule has 0 fully saturated rings. The van der Waals surface area contributed by atoms with Crippen LogP contribution < -0.4 is 11.5 Å². The maximum atomic E-state index is 5.78. The molecule has 0 spiro atoms. The van der Waals surface area contributed by atoms with Crippen molar-refractivity contribution in [3.8, 4) is 0 Å². The molecule has 0 heterocycles. The Morgan fingerprint density at radius 3 is 2.64 bits per heavy atom. The zero-order valence-corrected chi connectivity index (χ0v) is 8.11. The van der Waals surface area contributed by atoms with Crippen LogP contribution >= 0.6 is 27.5 Å². The van der Waals surface area contributed by atoms with E-state index in [-0.39, 0.29) is 0 Å². The number of anilines is 1. The SMILES string of the molecule is NCc1cc(Br)c(Cl)cc1N. The molecule has 11 heavy (non-hydrogen) atoms. The first kappa shape index (κ1) is 8.84. The number of nitrogen functional groups attached to an aromatic ring is 1. The van der Waals surface area contributed by atoms with Crippen LogP contribution in [0.4, 0.5) is 5.69 Å². The van der Waals surface area contributed by atoms with Crippen LogP contribution in [-0.2, 0) is 6.54 Å². The van der Waals surface area contributed by atoms with Gasteiger partial charge in [0.25, 0.3) is 0 Å². The molecule has 2 nitrogen and oxygen atoms in total. The fourth-order valence-electron chi connectivity index (χ4n) is 0.780. The van der Waals surface area contributed by atoms with Crippen molar-refractivity contribution in [1.29, 1.82) is 0 Å². The van der Waals surface area contributed by atoms with Crippen molar-refractivity contribution in [1.82, 2.24) is 0 Å². The highest BCUT2D eigenvalue weighted by Gasteiger charge is 2.01. The topological polar surface area (TPSA) is 52.0 Å². The van der Waals surface area contributed by atoms with E-state index >= 15 is 0 Å². The molecule has 0 aromatic heterocycles. The van der Waals surface area contributed by atoms with Crippen LogP contribution in [0.15, 0.2) is 16.6 Å². The number of benzene rings is 1. The molecule has 0 unspecified atom stereocenters. The second-order valence-corrected chi connectivity index (χ2v) is 3.43. The second-order valence-electron chi connectivity index (χ2n) is 2.17. The predicted octanol–water partition coefficient (Wildman–Crippen LogP) is 2.14. The van der Waals surface area contributed by atoms with Gasteiger partial charge in [-0.3, -0.25) is 0 Å². The third-order valence-electron chi connectivity index (χ3n) is 1.40. The summed E-state index contributed by atoms with van der Waals surface area (Å²) >= 11 is 9.05. The van der Waals surface area contributed by atoms with Gasteiger partial charge in [-0.25, -0.2) is 0 Å². The summed E-state index contributed by atoms with van der Waals surface area (Å²) in [4.78, 5) is 0. The molecule has 0 radical (unpaired) electrons. The Balaban J connectivity index is 3.21. The number of nitrogens with two attached hydrogens (primary N) is 2. The third kappa shape index (κ3) is 1.86. The monoisotopic (exact) mass is 234 g/mol. The van der Waals surface area contributed by atoms with Crippen LogP contribution in [-0.4, -0.2) is 0 Å². The molecule has 1 rings (SSSR count). The zero-order valence-electron chi connectivity index (χ0n) is 5.77. The number of rotatable bonds is 1. The molecule has 60 valence electrons. The van der Waals surface area contributed by atoms with Crippen molar-refractivity contribution in [2.45, 2.75) is 6.54 Å². The van der Waals surface area contributed by atoms with E-state index in [9.17, 15) is 0 Å². The second kappa shape index (κ2) is 3.43. The number of hydrogen-bond acceptors (Lipinski definition) is 2. The van der Waals surface area contributed by atoms with Crippen molar-refractivity contribution in [3.63, 3.8) is 0 Å². The Bertz CT molecular complexity index is 275. The van der Waals surface area contributed by atoms with Gasteiger partial charge in [0, 0.05) is 16.7 Å². The van der Waals surface area contributed by atoms with Crippen molar-refractivity contribution in [2.75, 3.05) is 5.73 Å². The van der Waals surface area contributed by atoms with Gasteiger partial charge < -0.3 is 11.5 Å². The fraction of sp³-hybridized carbons (Fsp3) is 0.143. The summed E-state index contributed by atoms with van der Waals surface area (Å²) in [6.45, 7) is 0.432. The summed E-state index contributed by atoms with van der Waals surface area (Å²) in [7, 11) is 0. The highest BCUT2D eigenvalue weighted by molar-refractivity contribution is 9.10. The molecule has 4 N–H and O–H groups in total. The lowest BCUT2D eigenvalue weighted by Crippen LogP contribution is -2.01. The average Bonchev–Trinajstić information content (AvgIpc) is 1.97. The predicted molar refractivity (Wildman–Crippen MR) is 51.5 cm³/mol. The first-order chi connectivity index (χ1) is 5.15. The van der Waals surface area contributed by atoms with Gasteiger partial charge >= 0.3 is 0 Å². The largest absolute Gasteiger partial charge is 0.398 e. The van der Waals surface area contributed by atoms with Gasteiger partial charge in [-0.2, -0.15) is 0 Å². The zero-order chi connectivity index (χ0) is 8.43. The van der Waals surface area contributed by atoms with Gasteiger partial charge in [0.1, 0.15) is 0 Å². The minimum atomic E-state index is 0.432. The lowest BCUT2D eigenvalue weighted by molar-refractivity contribution is 1.07. The molecule has 0 aliphatic heterocycles. The van der Waals surface area contributed by atoms with Crippen molar-refractivity contribution >= 4 is 33.2 Å². The first-order valence-corrected chi connectivity index (χ1v) is 4.25. The molecule has 0 saturated heterocycles. The van der Waals surface area contributed by atoms with Crippen molar-refractivity contribution in [2.24, 2.45) is 5.73 Å². The van der Waals surface area contributed by atoms with E-state index in [0.29, 0.717) is 17.3 Å². The van der Waals surface area contributed by atoms with Gasteiger partial charge in [-0.05, 0) is 33.6 Å². The minimum Gasteiger partial charge on any atom is -0.398 e. The van der Waals surface area contributed by atoms with Crippen molar-refractivity contribution in [3.05, 3.63) is 27.2 Å². The van der Waals surface area contributed by atoms with Gasteiger partial charge in [-0.15, -0.1) is 0 Å². The third-order valence-corrected chi connectivity index (χ3v) is 2.60. The molecular formula is C7H8BrClN2. The van der Waals surface area contributed by atoms with Crippen LogP contribution in [0.5, 0.6) is 0 Å². The number of hydrogen-bond donors (Lipinski definition) is 2. The molecule has 0 saturated carbocycles.